The summed E-state index contributed by atoms with van der Waals surface area (Å²) in [6.07, 6.45) is 9.86. The van der Waals surface area contributed by atoms with Gasteiger partial charge in [0, 0.05) is 25.5 Å². The van der Waals surface area contributed by atoms with Gasteiger partial charge in [0.05, 0.1) is 24.4 Å². The summed E-state index contributed by atoms with van der Waals surface area (Å²) in [5.74, 6) is 0.603. The van der Waals surface area contributed by atoms with Crippen LogP contribution >= 0.6 is 11.6 Å². The Bertz CT molecular complexity index is 294. The molecule has 0 aromatic heterocycles. The van der Waals surface area contributed by atoms with Crippen LogP contribution < -0.4 is 0 Å². The summed E-state index contributed by atoms with van der Waals surface area (Å²) < 4.78 is 12.1. The quantitative estimate of drug-likeness (QED) is 0.745. The van der Waals surface area contributed by atoms with Gasteiger partial charge in [-0.05, 0) is 25.7 Å². The maximum atomic E-state index is 6.45. The maximum absolute atomic E-state index is 6.45. The Balaban J connectivity index is 1.48. The Morgan fingerprint density at radius 2 is 1.95 bits per heavy atom. The van der Waals surface area contributed by atoms with E-state index >= 15 is 0 Å². The Morgan fingerprint density at radius 3 is 2.74 bits per heavy atom. The number of ether oxygens (including phenoxy) is 2. The monoisotopic (exact) mass is 287 g/mol. The molecule has 2 atom stereocenters. The molecule has 2 unspecified atom stereocenters. The molecule has 2 saturated heterocycles. The molecule has 1 spiro atoms. The first-order valence-corrected chi connectivity index (χ1v) is 8.41. The van der Waals surface area contributed by atoms with E-state index in [0.717, 1.165) is 26.2 Å². The second-order valence-electron chi connectivity index (χ2n) is 6.43. The number of nitrogens with zero attached hydrogens (tertiary/aromatic N) is 1. The molecule has 0 amide bonds. The van der Waals surface area contributed by atoms with Crippen LogP contribution in [0.3, 0.4) is 0 Å². The van der Waals surface area contributed by atoms with E-state index in [2.05, 4.69) is 4.90 Å². The van der Waals surface area contributed by atoms with Gasteiger partial charge in [-0.3, -0.25) is 4.90 Å². The van der Waals surface area contributed by atoms with Crippen molar-refractivity contribution >= 4 is 11.6 Å². The van der Waals surface area contributed by atoms with Crippen LogP contribution in [-0.2, 0) is 9.47 Å². The van der Waals surface area contributed by atoms with Crippen molar-refractivity contribution in [3.8, 4) is 0 Å². The second-order valence-corrected chi connectivity index (χ2v) is 6.74. The Kier molecular flexibility index (Phi) is 4.68. The molecule has 3 aliphatic rings. The molecule has 2 heterocycles. The molecule has 3 nitrogen and oxygen atoms in total. The van der Waals surface area contributed by atoms with Crippen molar-refractivity contribution in [2.24, 2.45) is 0 Å². The van der Waals surface area contributed by atoms with E-state index < -0.39 is 0 Å². The third-order valence-electron chi connectivity index (χ3n) is 4.96. The zero-order valence-corrected chi connectivity index (χ0v) is 12.5. The van der Waals surface area contributed by atoms with E-state index in [4.69, 9.17) is 21.1 Å². The zero-order valence-electron chi connectivity index (χ0n) is 11.8. The summed E-state index contributed by atoms with van der Waals surface area (Å²) in [6, 6.07) is 0. The third-order valence-corrected chi connectivity index (χ3v) is 5.30. The lowest BCUT2D eigenvalue weighted by Gasteiger charge is -2.36. The highest BCUT2D eigenvalue weighted by Gasteiger charge is 2.41. The molecule has 1 saturated carbocycles. The number of halogens is 1. The van der Waals surface area contributed by atoms with Gasteiger partial charge in [-0.2, -0.15) is 0 Å². The summed E-state index contributed by atoms with van der Waals surface area (Å²) in [5, 5.41) is 0. The normalized spacial score (nSPS) is 35.8. The highest BCUT2D eigenvalue weighted by atomic mass is 35.5. The van der Waals surface area contributed by atoms with E-state index in [0.29, 0.717) is 12.0 Å². The lowest BCUT2D eigenvalue weighted by atomic mass is 9.83. The van der Waals surface area contributed by atoms with Crippen molar-refractivity contribution in [1.29, 1.82) is 0 Å². The van der Waals surface area contributed by atoms with Gasteiger partial charge in [-0.1, -0.05) is 19.3 Å². The van der Waals surface area contributed by atoms with Gasteiger partial charge < -0.3 is 9.47 Å². The first kappa shape index (κ1) is 14.1. The molecule has 3 rings (SSSR count). The number of morpholine rings is 1. The number of rotatable bonds is 3. The van der Waals surface area contributed by atoms with Crippen molar-refractivity contribution < 1.29 is 9.47 Å². The number of alkyl halides is 1. The molecule has 0 radical (unpaired) electrons. The summed E-state index contributed by atoms with van der Waals surface area (Å²) >= 11 is 5.90. The lowest BCUT2D eigenvalue weighted by molar-refractivity contribution is -0.0851. The number of hydrogen-bond acceptors (Lipinski definition) is 3. The van der Waals surface area contributed by atoms with Crippen molar-refractivity contribution in [3.05, 3.63) is 0 Å². The van der Waals surface area contributed by atoms with Crippen LogP contribution in [-0.4, -0.2) is 54.8 Å². The maximum Gasteiger partial charge on any atom is 0.0837 e. The van der Waals surface area contributed by atoms with Crippen LogP contribution in [0.25, 0.3) is 0 Å². The van der Waals surface area contributed by atoms with Crippen molar-refractivity contribution in [2.45, 2.75) is 62.8 Å². The van der Waals surface area contributed by atoms with Crippen LogP contribution in [0.4, 0.5) is 0 Å². The molecule has 0 N–H and O–H groups in total. The van der Waals surface area contributed by atoms with Gasteiger partial charge in [-0.15, -0.1) is 11.6 Å². The van der Waals surface area contributed by atoms with E-state index in [1.165, 1.54) is 44.9 Å². The molecule has 0 aromatic rings. The van der Waals surface area contributed by atoms with Crippen LogP contribution in [0.2, 0.25) is 0 Å². The van der Waals surface area contributed by atoms with Gasteiger partial charge in [-0.25, -0.2) is 0 Å². The molecule has 2 aliphatic heterocycles. The molecule has 4 heteroatoms. The average Bonchev–Trinajstić information content (AvgIpc) is 2.82. The van der Waals surface area contributed by atoms with E-state index in [-0.39, 0.29) is 11.7 Å². The minimum Gasteiger partial charge on any atom is -0.374 e. The predicted molar refractivity (Wildman–Crippen MR) is 76.8 cm³/mol. The molecule has 0 bridgehead atoms. The van der Waals surface area contributed by atoms with Crippen LogP contribution in [0.5, 0.6) is 0 Å². The first-order valence-electron chi connectivity index (χ1n) is 7.87. The van der Waals surface area contributed by atoms with Crippen molar-refractivity contribution in [3.63, 3.8) is 0 Å². The summed E-state index contributed by atoms with van der Waals surface area (Å²) in [5.41, 5.74) is 0.251. The number of hydrogen-bond donors (Lipinski definition) is 0. The highest BCUT2D eigenvalue weighted by Crippen LogP contribution is 2.42. The summed E-state index contributed by atoms with van der Waals surface area (Å²) in [6.45, 7) is 3.88. The lowest BCUT2D eigenvalue weighted by Crippen LogP contribution is -2.46. The van der Waals surface area contributed by atoms with E-state index in [9.17, 15) is 0 Å². The zero-order chi connectivity index (χ0) is 13.1. The second kappa shape index (κ2) is 6.30. The Morgan fingerprint density at radius 1 is 1.11 bits per heavy atom. The van der Waals surface area contributed by atoms with Crippen molar-refractivity contribution in [1.82, 2.24) is 4.90 Å². The smallest absolute Gasteiger partial charge is 0.0837 e. The molecule has 110 valence electrons. The van der Waals surface area contributed by atoms with Crippen LogP contribution in [0.15, 0.2) is 0 Å². The topological polar surface area (TPSA) is 21.7 Å². The van der Waals surface area contributed by atoms with Gasteiger partial charge in [0.25, 0.3) is 0 Å². The predicted octanol–water partition coefficient (Wildman–Crippen LogP) is 2.81. The minimum atomic E-state index is 0.209. The Labute approximate surface area is 121 Å². The molecule has 1 aliphatic carbocycles. The third kappa shape index (κ3) is 3.44. The SMILES string of the molecule is ClCC1CN(CC2CCC3(CCCCC3)O2)CCO1. The molecule has 0 aromatic carbocycles. The van der Waals surface area contributed by atoms with Gasteiger partial charge in [0.2, 0.25) is 0 Å². The average molecular weight is 288 g/mol. The fourth-order valence-corrected chi connectivity index (χ4v) is 4.10. The Hall–Kier alpha value is 0.170. The standard InChI is InChI=1S/C15H26ClNO2/c16-10-14-12-17(8-9-18-14)11-13-4-7-15(19-13)5-2-1-3-6-15/h13-14H,1-12H2. The van der Waals surface area contributed by atoms with Crippen LogP contribution in [0.1, 0.15) is 44.9 Å². The van der Waals surface area contributed by atoms with E-state index in [1.807, 2.05) is 0 Å². The van der Waals surface area contributed by atoms with Gasteiger partial charge in [0.1, 0.15) is 0 Å². The van der Waals surface area contributed by atoms with Gasteiger partial charge >= 0.3 is 0 Å². The molecule has 3 fully saturated rings. The highest BCUT2D eigenvalue weighted by molar-refractivity contribution is 6.18. The van der Waals surface area contributed by atoms with Crippen molar-refractivity contribution in [2.75, 3.05) is 32.1 Å². The molecular formula is C15H26ClNO2. The van der Waals surface area contributed by atoms with Crippen LogP contribution in [0, 0.1) is 0 Å². The van der Waals surface area contributed by atoms with Gasteiger partial charge in [0.15, 0.2) is 0 Å². The van der Waals surface area contributed by atoms with E-state index in [1.54, 1.807) is 0 Å². The fraction of sp³-hybridized carbons (Fsp3) is 1.00. The summed E-state index contributed by atoms with van der Waals surface area (Å²) in [4.78, 5) is 2.48. The minimum absolute atomic E-state index is 0.209. The molecule has 19 heavy (non-hydrogen) atoms. The first-order chi connectivity index (χ1) is 9.30. The fourth-order valence-electron chi connectivity index (χ4n) is 3.92. The largest absolute Gasteiger partial charge is 0.374 e. The summed E-state index contributed by atoms with van der Waals surface area (Å²) in [7, 11) is 0. The molecular weight excluding hydrogens is 262 g/mol.